The number of rotatable bonds is 0. The summed E-state index contributed by atoms with van der Waals surface area (Å²) in [5, 5.41) is 10.2. The lowest BCUT2D eigenvalue weighted by molar-refractivity contribution is 1.13. The van der Waals surface area contributed by atoms with Crippen LogP contribution in [0.1, 0.15) is 11.1 Å². The highest BCUT2D eigenvalue weighted by Crippen LogP contribution is 2.41. The normalized spacial score (nSPS) is 13.3. The van der Waals surface area contributed by atoms with E-state index in [0.29, 0.717) is 10.6 Å². The fraction of sp³-hybridized carbons (Fsp3) is 0. The Morgan fingerprint density at radius 2 is 2.50 bits per heavy atom. The van der Waals surface area contributed by atoms with Crippen LogP contribution in [0.25, 0.3) is 0 Å². The molecular weight excluding hydrogens is 307 g/mol. The lowest BCUT2D eigenvalue weighted by Crippen LogP contribution is -1.89. The predicted molar refractivity (Wildman–Crippen MR) is 59.0 cm³/mol. The minimum atomic E-state index is 0.0130. The highest BCUT2D eigenvalue weighted by molar-refractivity contribution is 14.2. The zero-order valence-electron chi connectivity index (χ0n) is 5.71. The number of halogens is 2. The fourth-order valence-corrected chi connectivity index (χ4v) is 5.60. The summed E-state index contributed by atoms with van der Waals surface area (Å²) in [6.45, 7) is 0. The number of fused-ring (bicyclic) bond motifs is 1. The Labute approximate surface area is 87.1 Å². The minimum absolute atomic E-state index is 0.0130. The molecule has 0 radical (unpaired) electrons. The van der Waals surface area contributed by atoms with Gasteiger partial charge in [0.25, 0.3) is 0 Å². The summed E-state index contributed by atoms with van der Waals surface area (Å²) in [6.07, 6.45) is 1.54. The van der Waals surface area contributed by atoms with Crippen LogP contribution in [-0.2, 0) is 0 Å². The zero-order valence-corrected chi connectivity index (χ0v) is 9.44. The summed E-state index contributed by atoms with van der Waals surface area (Å²) in [7, 11) is 1.75. The molecule has 1 aliphatic rings. The molecule has 0 fully saturated rings. The molecule has 0 saturated heterocycles. The van der Waals surface area contributed by atoms with E-state index in [2.05, 4.69) is 9.00 Å². The van der Waals surface area contributed by atoms with Crippen LogP contribution in [-0.4, -0.2) is 9.00 Å². The number of pyridine rings is 1. The molecule has 0 spiro atoms. The Morgan fingerprint density at radius 1 is 1.67 bits per heavy atom. The van der Waals surface area contributed by atoms with Crippen LogP contribution in [0.5, 0.6) is 0 Å². The van der Waals surface area contributed by atoms with Gasteiger partial charge in [0.1, 0.15) is 11.1 Å². The molecule has 1 aromatic heterocycles. The average Bonchev–Trinajstić information content (AvgIpc) is 2.53. The van der Waals surface area contributed by atoms with E-state index in [4.69, 9.17) is 16.9 Å². The van der Waals surface area contributed by atoms with Crippen LogP contribution in [0.15, 0.2) is 11.2 Å². The van der Waals surface area contributed by atoms with Crippen LogP contribution in [0, 0.1) is 11.3 Å². The molecule has 2 rings (SSSR count). The van der Waals surface area contributed by atoms with Crippen molar-refractivity contribution in [3.8, 4) is 6.07 Å². The lowest BCUT2D eigenvalue weighted by Gasteiger charge is -1.99. The average molecular weight is 309 g/mol. The number of hydrogen-bond acceptors (Lipinski definition) is 3. The van der Waals surface area contributed by atoms with Crippen molar-refractivity contribution in [3.63, 3.8) is 0 Å². The van der Waals surface area contributed by atoms with Gasteiger partial charge in [-0.05, 0) is 32.3 Å². The third-order valence-corrected chi connectivity index (χ3v) is 5.86. The van der Waals surface area contributed by atoms with Crippen LogP contribution < -0.4 is 0 Å². The Kier molecular flexibility index (Phi) is 2.35. The largest absolute Gasteiger partial charge is 0.247 e. The van der Waals surface area contributed by atoms with Crippen LogP contribution in [0.2, 0.25) is 5.02 Å². The molecule has 0 atom stereocenters. The van der Waals surface area contributed by atoms with E-state index in [1.807, 2.05) is 6.07 Å². The van der Waals surface area contributed by atoms with Gasteiger partial charge < -0.3 is 0 Å². The molecule has 2 heterocycles. The molecule has 0 aliphatic carbocycles. The maximum Gasteiger partial charge on any atom is 0.115 e. The molecule has 1 aliphatic heterocycles. The Bertz CT molecular complexity index is 411. The molecule has 60 valence electrons. The van der Waals surface area contributed by atoms with Crippen molar-refractivity contribution in [2.45, 2.75) is 5.03 Å². The second kappa shape index (κ2) is 3.32. The summed E-state index contributed by atoms with van der Waals surface area (Å²) in [6, 6.07) is 2.01. The van der Waals surface area contributed by atoms with E-state index in [1.54, 1.807) is 8.93 Å². The van der Waals surface area contributed by atoms with Gasteiger partial charge in [-0.25, -0.2) is 4.98 Å². The standard InChI is InChI=1S/C7H2ClIN2S/c8-6-4(2-10)3-11-7-5(6)1-9-12-7/h1,3H. The summed E-state index contributed by atoms with van der Waals surface area (Å²) in [5.41, 5.74) is 1.44. The predicted octanol–water partition coefficient (Wildman–Crippen LogP) is 2.75. The SMILES string of the molecule is N#Cc1cnc2c(c1Cl)C=IS2. The van der Waals surface area contributed by atoms with Crippen molar-refractivity contribution in [1.82, 2.24) is 4.98 Å². The van der Waals surface area contributed by atoms with E-state index in [9.17, 15) is 0 Å². The van der Waals surface area contributed by atoms with E-state index in [0.717, 1.165) is 10.6 Å². The molecule has 0 saturated carbocycles. The highest BCUT2D eigenvalue weighted by atomic mass is 127. The molecule has 0 aromatic carbocycles. The first-order valence-electron chi connectivity index (χ1n) is 3.05. The maximum absolute atomic E-state index is 8.66. The first-order valence-corrected chi connectivity index (χ1v) is 8.03. The van der Waals surface area contributed by atoms with Crippen molar-refractivity contribution in [3.05, 3.63) is 22.3 Å². The third kappa shape index (κ3) is 1.26. The van der Waals surface area contributed by atoms with Gasteiger partial charge >= 0.3 is 0 Å². The van der Waals surface area contributed by atoms with Crippen LogP contribution >= 0.6 is 39.9 Å². The Morgan fingerprint density at radius 3 is 3.25 bits per heavy atom. The molecular formula is C7H2ClIN2S. The van der Waals surface area contributed by atoms with E-state index < -0.39 is 0 Å². The van der Waals surface area contributed by atoms with Gasteiger partial charge in [-0.2, -0.15) is 5.26 Å². The lowest BCUT2D eigenvalue weighted by atomic mass is 10.2. The molecule has 0 unspecified atom stereocenters. The second-order valence-corrected chi connectivity index (χ2v) is 6.66. The summed E-state index contributed by atoms with van der Waals surface area (Å²) in [4.78, 5) is 4.14. The number of hydrogen-bond donors (Lipinski definition) is 0. The number of aromatic nitrogens is 1. The monoisotopic (exact) mass is 308 g/mol. The Hall–Kier alpha value is -0.120. The van der Waals surface area contributed by atoms with Gasteiger partial charge in [0.05, 0.1) is 10.6 Å². The molecule has 2 nitrogen and oxygen atoms in total. The number of nitrogens with zero attached hydrogens (tertiary/aromatic N) is 2. The third-order valence-electron chi connectivity index (χ3n) is 1.41. The van der Waals surface area contributed by atoms with E-state index in [1.165, 1.54) is 6.20 Å². The molecule has 0 N–H and O–H groups in total. The van der Waals surface area contributed by atoms with Crippen molar-refractivity contribution < 1.29 is 0 Å². The van der Waals surface area contributed by atoms with Gasteiger partial charge in [0.2, 0.25) is 0 Å². The smallest absolute Gasteiger partial charge is 0.115 e. The van der Waals surface area contributed by atoms with Crippen LogP contribution in [0.3, 0.4) is 0 Å². The summed E-state index contributed by atoms with van der Waals surface area (Å²) in [5.74, 6) is 0. The molecule has 1 aromatic rings. The Balaban J connectivity index is 2.70. The molecule has 0 amide bonds. The van der Waals surface area contributed by atoms with Gasteiger partial charge in [0.15, 0.2) is 0 Å². The minimum Gasteiger partial charge on any atom is -0.247 e. The van der Waals surface area contributed by atoms with Gasteiger partial charge in [-0.3, -0.25) is 0 Å². The van der Waals surface area contributed by atoms with Crippen molar-refractivity contribution in [1.29, 1.82) is 5.26 Å². The van der Waals surface area contributed by atoms with E-state index in [-0.39, 0.29) is 19.3 Å². The molecule has 0 bridgehead atoms. The van der Waals surface area contributed by atoms with Gasteiger partial charge in [-0.15, -0.1) is 0 Å². The van der Waals surface area contributed by atoms with Crippen LogP contribution in [0.4, 0.5) is 0 Å². The van der Waals surface area contributed by atoms with Crippen molar-refractivity contribution in [2.24, 2.45) is 0 Å². The fourth-order valence-electron chi connectivity index (χ4n) is 0.831. The molecule has 5 heteroatoms. The number of nitriles is 1. The highest BCUT2D eigenvalue weighted by Gasteiger charge is 2.14. The first kappa shape index (κ1) is 8.48. The van der Waals surface area contributed by atoms with E-state index >= 15 is 0 Å². The maximum atomic E-state index is 8.66. The molecule has 12 heavy (non-hydrogen) atoms. The van der Waals surface area contributed by atoms with Gasteiger partial charge in [0, 0.05) is 11.8 Å². The summed E-state index contributed by atoms with van der Waals surface area (Å²) >= 11 is 5.98. The topological polar surface area (TPSA) is 36.7 Å². The zero-order chi connectivity index (χ0) is 8.55. The first-order chi connectivity index (χ1) is 5.83. The van der Waals surface area contributed by atoms with Crippen molar-refractivity contribution in [2.75, 3.05) is 0 Å². The van der Waals surface area contributed by atoms with Gasteiger partial charge in [-0.1, -0.05) is 11.6 Å². The van der Waals surface area contributed by atoms with Crippen molar-refractivity contribution >= 4 is 43.9 Å². The summed E-state index contributed by atoms with van der Waals surface area (Å²) < 4.78 is 2.11. The quantitative estimate of drug-likeness (QED) is 0.692. The second-order valence-electron chi connectivity index (χ2n) is 2.09.